The van der Waals surface area contributed by atoms with Gasteiger partial charge in [-0.25, -0.2) is 4.98 Å². The summed E-state index contributed by atoms with van der Waals surface area (Å²) in [5.41, 5.74) is 6.81. The molecule has 0 unspecified atom stereocenters. The molecule has 0 aliphatic heterocycles. The molecule has 134 valence electrons. The van der Waals surface area contributed by atoms with Gasteiger partial charge in [-0.2, -0.15) is 0 Å². The van der Waals surface area contributed by atoms with Crippen molar-refractivity contribution in [2.45, 2.75) is 25.3 Å². The topological polar surface area (TPSA) is 41.4 Å². The molecule has 1 aromatic heterocycles. The number of aromatic nitrogens is 2. The summed E-state index contributed by atoms with van der Waals surface area (Å²) in [5.74, 6) is 0.682. The van der Waals surface area contributed by atoms with Crippen molar-refractivity contribution < 1.29 is 4.79 Å². The maximum atomic E-state index is 11.3. The number of carbonyl (C=O) groups excluding carboxylic acids is 1. The van der Waals surface area contributed by atoms with Crippen LogP contribution >= 0.6 is 0 Å². The fourth-order valence-electron chi connectivity index (χ4n) is 3.58. The summed E-state index contributed by atoms with van der Waals surface area (Å²) in [5, 5.41) is 0. The lowest BCUT2D eigenvalue weighted by molar-refractivity contribution is -0.107. The summed E-state index contributed by atoms with van der Waals surface area (Å²) < 4.78 is 2.23. The van der Waals surface area contributed by atoms with E-state index in [4.69, 9.17) is 0 Å². The van der Waals surface area contributed by atoms with Crippen molar-refractivity contribution in [1.82, 2.24) is 9.55 Å². The Labute approximate surface area is 153 Å². The van der Waals surface area contributed by atoms with Crippen molar-refractivity contribution in [3.63, 3.8) is 0 Å². The minimum Gasteiger partial charge on any atom is -0.376 e. The third kappa shape index (κ3) is 2.94. The quantitative estimate of drug-likeness (QED) is 0.639. The molecule has 1 aliphatic carbocycles. The molecule has 4 rings (SSSR count). The zero-order chi connectivity index (χ0) is 18.3. The third-order valence-electron chi connectivity index (χ3n) is 5.10. The molecule has 0 bridgehead atoms. The van der Waals surface area contributed by atoms with Crippen LogP contribution in [0.1, 0.15) is 29.9 Å². The highest BCUT2D eigenvalue weighted by Gasteiger charge is 2.26. The second kappa shape index (κ2) is 6.48. The van der Waals surface area contributed by atoms with Gasteiger partial charge in [-0.3, -0.25) is 4.79 Å². The van der Waals surface area contributed by atoms with Gasteiger partial charge < -0.3 is 14.4 Å². The van der Waals surface area contributed by atoms with Crippen LogP contribution in [-0.4, -0.2) is 37.1 Å². The van der Waals surface area contributed by atoms with Crippen LogP contribution in [0.3, 0.4) is 0 Å². The summed E-state index contributed by atoms with van der Waals surface area (Å²) in [7, 11) is 5.77. The normalized spacial score (nSPS) is 13.8. The predicted molar refractivity (Wildman–Crippen MR) is 106 cm³/mol. The Hall–Kier alpha value is -2.82. The molecule has 3 aromatic rings. The molecule has 1 fully saturated rings. The summed E-state index contributed by atoms with van der Waals surface area (Å²) in [6.07, 6.45) is 5.33. The van der Waals surface area contributed by atoms with E-state index < -0.39 is 0 Å². The van der Waals surface area contributed by atoms with Gasteiger partial charge in [-0.1, -0.05) is 18.2 Å². The van der Waals surface area contributed by atoms with Crippen LogP contribution in [-0.2, 0) is 11.3 Å². The van der Waals surface area contributed by atoms with E-state index in [1.807, 2.05) is 25.3 Å². The Morgan fingerprint density at radius 3 is 2.65 bits per heavy atom. The molecule has 1 amide bonds. The Morgan fingerprint density at radius 2 is 1.96 bits per heavy atom. The Bertz CT molecular complexity index is 956. The average molecular weight is 348 g/mol. The largest absolute Gasteiger partial charge is 0.376 e. The third-order valence-corrected chi connectivity index (χ3v) is 5.10. The minimum absolute atomic E-state index is 0.682. The first-order valence-electron chi connectivity index (χ1n) is 9.00. The number of para-hydroxylation sites is 1. The fourth-order valence-corrected chi connectivity index (χ4v) is 3.58. The number of hydrogen-bond acceptors (Lipinski definition) is 3. The number of rotatable bonds is 6. The first-order valence-corrected chi connectivity index (χ1v) is 9.00. The number of amides is 1. The zero-order valence-corrected chi connectivity index (χ0v) is 15.5. The molecule has 2 aromatic carbocycles. The summed E-state index contributed by atoms with van der Waals surface area (Å²) >= 11 is 0. The number of imidazole rings is 1. The molecule has 0 radical (unpaired) electrons. The number of hydrogen-bond donors (Lipinski definition) is 0. The molecular weight excluding hydrogens is 324 g/mol. The van der Waals surface area contributed by atoms with Crippen molar-refractivity contribution in [1.29, 1.82) is 0 Å². The van der Waals surface area contributed by atoms with E-state index in [9.17, 15) is 4.79 Å². The maximum Gasteiger partial charge on any atom is 0.213 e. The van der Waals surface area contributed by atoms with Crippen LogP contribution < -0.4 is 9.80 Å². The van der Waals surface area contributed by atoms with Crippen LogP contribution in [0.5, 0.6) is 0 Å². The molecule has 0 atom stereocenters. The molecule has 5 nitrogen and oxygen atoms in total. The van der Waals surface area contributed by atoms with Gasteiger partial charge in [-0.15, -0.1) is 0 Å². The van der Waals surface area contributed by atoms with Gasteiger partial charge in [0.05, 0.1) is 28.7 Å². The lowest BCUT2D eigenvalue weighted by Gasteiger charge is -2.22. The summed E-state index contributed by atoms with van der Waals surface area (Å²) in [6, 6.07) is 12.7. The van der Waals surface area contributed by atoms with Crippen molar-refractivity contribution in [3.8, 4) is 0 Å². The SMILES string of the molecule is CN(C)c1ccc(Cn2cnc3cccc(C4CC4)c32)cc1N(C)C=O. The molecule has 26 heavy (non-hydrogen) atoms. The van der Waals surface area contributed by atoms with E-state index in [1.165, 1.54) is 23.9 Å². The van der Waals surface area contributed by atoms with Gasteiger partial charge in [0.1, 0.15) is 0 Å². The molecule has 1 aliphatic rings. The van der Waals surface area contributed by atoms with Gasteiger partial charge in [0, 0.05) is 27.7 Å². The van der Waals surface area contributed by atoms with E-state index in [0.717, 1.165) is 35.4 Å². The number of anilines is 2. The van der Waals surface area contributed by atoms with Crippen LogP contribution in [0, 0.1) is 0 Å². The van der Waals surface area contributed by atoms with Crippen molar-refractivity contribution in [3.05, 3.63) is 53.9 Å². The second-order valence-electron chi connectivity index (χ2n) is 7.30. The Morgan fingerprint density at radius 1 is 1.15 bits per heavy atom. The zero-order valence-electron chi connectivity index (χ0n) is 15.5. The highest BCUT2D eigenvalue weighted by Crippen LogP contribution is 2.43. The van der Waals surface area contributed by atoms with Gasteiger partial charge in [0.15, 0.2) is 0 Å². The molecular formula is C21H24N4O. The number of fused-ring (bicyclic) bond motifs is 1. The average Bonchev–Trinajstić information content (AvgIpc) is 3.42. The smallest absolute Gasteiger partial charge is 0.213 e. The summed E-state index contributed by atoms with van der Waals surface area (Å²) in [4.78, 5) is 19.5. The van der Waals surface area contributed by atoms with Crippen LogP contribution in [0.25, 0.3) is 11.0 Å². The number of nitrogens with zero attached hydrogens (tertiary/aromatic N) is 4. The highest BCUT2D eigenvalue weighted by molar-refractivity contribution is 5.84. The van der Waals surface area contributed by atoms with E-state index in [1.54, 1.807) is 11.9 Å². The van der Waals surface area contributed by atoms with E-state index in [0.29, 0.717) is 5.92 Å². The molecule has 5 heteroatoms. The predicted octanol–water partition coefficient (Wildman–Crippen LogP) is 3.62. The fraction of sp³-hybridized carbons (Fsp3) is 0.333. The Balaban J connectivity index is 1.74. The summed E-state index contributed by atoms with van der Waals surface area (Å²) in [6.45, 7) is 0.744. The van der Waals surface area contributed by atoms with Gasteiger partial charge in [-0.05, 0) is 48.1 Å². The standard InChI is InChI=1S/C21H24N4O/c1-23(2)19-10-7-15(11-20(19)24(3)14-26)12-25-13-22-18-6-4-5-17(21(18)25)16-8-9-16/h4-7,10-11,13-14,16H,8-9,12H2,1-3H3. The lowest BCUT2D eigenvalue weighted by Crippen LogP contribution is -2.19. The Kier molecular flexibility index (Phi) is 4.15. The first-order chi connectivity index (χ1) is 12.6. The number of carbonyl (C=O) groups is 1. The monoisotopic (exact) mass is 348 g/mol. The van der Waals surface area contributed by atoms with E-state index >= 15 is 0 Å². The van der Waals surface area contributed by atoms with Crippen LogP contribution in [0.4, 0.5) is 11.4 Å². The van der Waals surface area contributed by atoms with Crippen molar-refractivity contribution in [2.24, 2.45) is 0 Å². The van der Waals surface area contributed by atoms with Gasteiger partial charge in [0.25, 0.3) is 0 Å². The van der Waals surface area contributed by atoms with Crippen molar-refractivity contribution >= 4 is 28.8 Å². The molecule has 0 saturated heterocycles. The number of benzene rings is 2. The molecule has 1 heterocycles. The highest BCUT2D eigenvalue weighted by atomic mass is 16.1. The van der Waals surface area contributed by atoms with Crippen LogP contribution in [0.2, 0.25) is 0 Å². The molecule has 1 saturated carbocycles. The second-order valence-corrected chi connectivity index (χ2v) is 7.30. The van der Waals surface area contributed by atoms with Crippen LogP contribution in [0.15, 0.2) is 42.7 Å². The minimum atomic E-state index is 0.682. The molecule has 0 N–H and O–H groups in total. The van der Waals surface area contributed by atoms with E-state index in [2.05, 4.69) is 45.9 Å². The molecule has 0 spiro atoms. The van der Waals surface area contributed by atoms with E-state index in [-0.39, 0.29) is 0 Å². The first kappa shape index (κ1) is 16.6. The van der Waals surface area contributed by atoms with Crippen molar-refractivity contribution in [2.75, 3.05) is 30.9 Å². The van der Waals surface area contributed by atoms with Gasteiger partial charge in [0.2, 0.25) is 6.41 Å². The maximum absolute atomic E-state index is 11.3. The van der Waals surface area contributed by atoms with Gasteiger partial charge >= 0.3 is 0 Å². The lowest BCUT2D eigenvalue weighted by atomic mass is 10.1.